The van der Waals surface area contributed by atoms with E-state index in [4.69, 9.17) is 14.2 Å². The van der Waals surface area contributed by atoms with E-state index in [0.29, 0.717) is 22.3 Å². The van der Waals surface area contributed by atoms with Crippen LogP contribution in [0.5, 0.6) is 17.2 Å². The Morgan fingerprint density at radius 1 is 1.00 bits per heavy atom. The predicted octanol–water partition coefficient (Wildman–Crippen LogP) is 4.95. The molecule has 1 aromatic heterocycles. The molecule has 0 spiro atoms. The van der Waals surface area contributed by atoms with Crippen LogP contribution in [0.4, 0.5) is 15.2 Å². The number of fused-ring (bicyclic) bond motifs is 1. The minimum atomic E-state index is -0.557. The van der Waals surface area contributed by atoms with Gasteiger partial charge < -0.3 is 19.5 Å². The normalized spacial score (nSPS) is 11.7. The lowest BCUT2D eigenvalue weighted by Crippen LogP contribution is -2.22. The van der Waals surface area contributed by atoms with Gasteiger partial charge in [-0.2, -0.15) is 0 Å². The molecule has 1 aliphatic heterocycles. The third kappa shape index (κ3) is 5.07. The summed E-state index contributed by atoms with van der Waals surface area (Å²) in [6.07, 6.45) is 0. The summed E-state index contributed by atoms with van der Waals surface area (Å²) in [6, 6.07) is 17.8. The topological polar surface area (TPSA) is 98.8 Å². The third-order valence-corrected chi connectivity index (χ3v) is 5.79. The lowest BCUT2D eigenvalue weighted by atomic mass is 10.1. The van der Waals surface area contributed by atoms with Crippen LogP contribution in [0.25, 0.3) is 11.3 Å². The smallest absolute Gasteiger partial charge is 0.262 e. The molecule has 3 aromatic carbocycles. The first kappa shape index (κ1) is 22.4. The lowest BCUT2D eigenvalue weighted by Gasteiger charge is -2.11. The van der Waals surface area contributed by atoms with E-state index in [9.17, 15) is 14.0 Å². The SMILES string of the molecule is O=C(COc1ccccc1C(=O)Nc1nc(-c2ccc3c(c2)OCO3)cs1)Nc1ccccc1F. The maximum atomic E-state index is 13.7. The van der Waals surface area contributed by atoms with Crippen LogP contribution < -0.4 is 24.8 Å². The molecule has 0 bridgehead atoms. The molecular formula is C25H18FN3O5S. The van der Waals surface area contributed by atoms with E-state index >= 15 is 0 Å². The van der Waals surface area contributed by atoms with Crippen molar-refractivity contribution in [2.75, 3.05) is 24.0 Å². The van der Waals surface area contributed by atoms with Gasteiger partial charge in [-0.25, -0.2) is 9.37 Å². The second-order valence-electron chi connectivity index (χ2n) is 7.37. The van der Waals surface area contributed by atoms with Crippen LogP contribution in [0.15, 0.2) is 72.1 Å². The minimum absolute atomic E-state index is 0.0501. The largest absolute Gasteiger partial charge is 0.483 e. The van der Waals surface area contributed by atoms with Crippen molar-refractivity contribution in [2.45, 2.75) is 0 Å². The third-order valence-electron chi connectivity index (χ3n) is 5.03. The van der Waals surface area contributed by atoms with Gasteiger partial charge in [-0.15, -0.1) is 11.3 Å². The number of para-hydroxylation sites is 2. The molecule has 4 aromatic rings. The summed E-state index contributed by atoms with van der Waals surface area (Å²) in [7, 11) is 0. The maximum absolute atomic E-state index is 13.7. The van der Waals surface area contributed by atoms with Gasteiger partial charge in [-0.1, -0.05) is 24.3 Å². The van der Waals surface area contributed by atoms with Crippen molar-refractivity contribution in [1.29, 1.82) is 0 Å². The van der Waals surface area contributed by atoms with Crippen molar-refractivity contribution in [1.82, 2.24) is 4.98 Å². The summed E-state index contributed by atoms with van der Waals surface area (Å²) in [4.78, 5) is 29.6. The molecule has 0 unspecified atom stereocenters. The summed E-state index contributed by atoms with van der Waals surface area (Å²) in [5.41, 5.74) is 1.79. The highest BCUT2D eigenvalue weighted by Crippen LogP contribution is 2.36. The minimum Gasteiger partial charge on any atom is -0.483 e. The molecule has 5 rings (SSSR count). The van der Waals surface area contributed by atoms with Gasteiger partial charge in [0, 0.05) is 10.9 Å². The number of amides is 2. The van der Waals surface area contributed by atoms with Crippen molar-refractivity contribution in [3.63, 3.8) is 0 Å². The van der Waals surface area contributed by atoms with Crippen molar-refractivity contribution in [3.05, 3.63) is 83.5 Å². The van der Waals surface area contributed by atoms with Crippen LogP contribution in [0, 0.1) is 5.82 Å². The van der Waals surface area contributed by atoms with Crippen LogP contribution in [0.2, 0.25) is 0 Å². The van der Waals surface area contributed by atoms with Crippen molar-refractivity contribution in [2.24, 2.45) is 0 Å². The zero-order chi connectivity index (χ0) is 24.2. The summed E-state index contributed by atoms with van der Waals surface area (Å²) in [6.45, 7) is -0.215. The Morgan fingerprint density at radius 3 is 2.69 bits per heavy atom. The van der Waals surface area contributed by atoms with Gasteiger partial charge in [0.25, 0.3) is 11.8 Å². The standard InChI is InChI=1S/C25H18FN3O5S/c26-17-6-2-3-7-18(17)27-23(30)12-32-20-8-4-1-5-16(20)24(31)29-25-28-19(13-35-25)15-9-10-21-22(11-15)34-14-33-21/h1-11,13H,12,14H2,(H,27,30)(H,28,29,31). The summed E-state index contributed by atoms with van der Waals surface area (Å²) < 4.78 is 30.0. The molecule has 2 heterocycles. The van der Waals surface area contributed by atoms with E-state index < -0.39 is 24.2 Å². The van der Waals surface area contributed by atoms with Gasteiger partial charge in [0.1, 0.15) is 11.6 Å². The molecule has 2 N–H and O–H groups in total. The van der Waals surface area contributed by atoms with Gasteiger partial charge >= 0.3 is 0 Å². The predicted molar refractivity (Wildman–Crippen MR) is 129 cm³/mol. The molecule has 0 aliphatic carbocycles. The van der Waals surface area contributed by atoms with Crippen LogP contribution in [0.3, 0.4) is 0 Å². The van der Waals surface area contributed by atoms with Gasteiger partial charge in [-0.05, 0) is 42.5 Å². The number of rotatable bonds is 7. The van der Waals surface area contributed by atoms with Gasteiger partial charge in [0.2, 0.25) is 6.79 Å². The fourth-order valence-electron chi connectivity index (χ4n) is 3.36. The highest BCUT2D eigenvalue weighted by molar-refractivity contribution is 7.14. The summed E-state index contributed by atoms with van der Waals surface area (Å²) in [5.74, 6) is -0.0198. The molecule has 10 heteroatoms. The Balaban J connectivity index is 1.24. The number of benzene rings is 3. The lowest BCUT2D eigenvalue weighted by molar-refractivity contribution is -0.118. The van der Waals surface area contributed by atoms with Crippen molar-refractivity contribution >= 4 is 34.0 Å². The molecule has 0 radical (unpaired) electrons. The van der Waals surface area contributed by atoms with E-state index in [1.165, 1.54) is 29.5 Å². The first-order valence-corrected chi connectivity index (χ1v) is 11.4. The van der Waals surface area contributed by atoms with Gasteiger partial charge in [-0.3, -0.25) is 14.9 Å². The van der Waals surface area contributed by atoms with Crippen molar-refractivity contribution in [3.8, 4) is 28.5 Å². The number of thiazole rings is 1. The molecule has 0 saturated carbocycles. The van der Waals surface area contributed by atoms with E-state index in [-0.39, 0.29) is 23.8 Å². The number of ether oxygens (including phenoxy) is 3. The number of nitrogens with one attached hydrogen (secondary N) is 2. The Labute approximate surface area is 203 Å². The summed E-state index contributed by atoms with van der Waals surface area (Å²) in [5, 5.41) is 7.42. The molecule has 35 heavy (non-hydrogen) atoms. The molecule has 176 valence electrons. The average molecular weight is 492 g/mol. The average Bonchev–Trinajstić information content (AvgIpc) is 3.53. The first-order chi connectivity index (χ1) is 17.1. The van der Waals surface area contributed by atoms with E-state index in [2.05, 4.69) is 15.6 Å². The number of hydrogen-bond donors (Lipinski definition) is 2. The summed E-state index contributed by atoms with van der Waals surface area (Å²) >= 11 is 1.27. The number of nitrogens with zero attached hydrogens (tertiary/aromatic N) is 1. The van der Waals surface area contributed by atoms with Crippen molar-refractivity contribution < 1.29 is 28.2 Å². The first-order valence-electron chi connectivity index (χ1n) is 10.5. The highest BCUT2D eigenvalue weighted by Gasteiger charge is 2.18. The zero-order valence-corrected chi connectivity index (χ0v) is 18.9. The Morgan fingerprint density at radius 2 is 1.80 bits per heavy atom. The molecular weight excluding hydrogens is 473 g/mol. The zero-order valence-electron chi connectivity index (χ0n) is 18.1. The van der Waals surface area contributed by atoms with Crippen LogP contribution >= 0.6 is 11.3 Å². The number of halogens is 1. The quantitative estimate of drug-likeness (QED) is 0.380. The fraction of sp³-hybridized carbons (Fsp3) is 0.0800. The Hall–Kier alpha value is -4.44. The molecule has 0 atom stereocenters. The maximum Gasteiger partial charge on any atom is 0.262 e. The van der Waals surface area contributed by atoms with E-state index in [1.54, 1.807) is 30.3 Å². The second kappa shape index (κ2) is 9.82. The molecule has 0 saturated heterocycles. The van der Waals surface area contributed by atoms with E-state index in [1.807, 2.05) is 23.6 Å². The van der Waals surface area contributed by atoms with Crippen LogP contribution in [-0.2, 0) is 4.79 Å². The number of anilines is 2. The van der Waals surface area contributed by atoms with E-state index in [0.717, 1.165) is 5.56 Å². The fourth-order valence-corrected chi connectivity index (χ4v) is 4.07. The molecule has 1 aliphatic rings. The Bertz CT molecular complexity index is 1410. The molecule has 0 fully saturated rings. The van der Waals surface area contributed by atoms with Gasteiger partial charge in [0.15, 0.2) is 23.2 Å². The molecule has 2 amide bonds. The monoisotopic (exact) mass is 491 g/mol. The Kier molecular flexibility index (Phi) is 6.27. The molecule has 8 nitrogen and oxygen atoms in total. The number of carbonyl (C=O) groups excluding carboxylic acids is 2. The number of aromatic nitrogens is 1. The number of hydrogen-bond acceptors (Lipinski definition) is 7. The van der Waals surface area contributed by atoms with Crippen LogP contribution in [-0.4, -0.2) is 30.2 Å². The number of carbonyl (C=O) groups is 2. The highest BCUT2D eigenvalue weighted by atomic mass is 32.1. The van der Waals surface area contributed by atoms with Gasteiger partial charge in [0.05, 0.1) is 16.9 Å². The van der Waals surface area contributed by atoms with Crippen LogP contribution in [0.1, 0.15) is 10.4 Å². The second-order valence-corrected chi connectivity index (χ2v) is 8.23.